The Labute approximate surface area is 171 Å². The second-order valence-corrected chi connectivity index (χ2v) is 12.3. The van der Waals surface area contributed by atoms with Crippen LogP contribution in [0.15, 0.2) is 26.3 Å². The fourth-order valence-corrected chi connectivity index (χ4v) is 6.91. The molecule has 2 atom stereocenters. The standard InChI is InChI=1S/C19H26N2O6S2/c1-13-10-14(2)27-18(13)19(23)21-7-4-16(5-8-21)28(3,24)20-17(22)11-15-6-9-29(25,26)12-15/h6,9-10,15-16H,4-5,7-8,11-12H2,1-3H3. The second-order valence-electron chi connectivity index (χ2n) is 7.83. The average Bonchev–Trinajstić information content (AvgIpc) is 3.14. The molecule has 0 N–H and O–H groups in total. The molecule has 2 amide bonds. The Hall–Kier alpha value is -1.94. The summed E-state index contributed by atoms with van der Waals surface area (Å²) in [6.07, 6.45) is 3.86. The van der Waals surface area contributed by atoms with Crippen LogP contribution in [0.25, 0.3) is 0 Å². The van der Waals surface area contributed by atoms with E-state index in [1.54, 1.807) is 11.8 Å². The van der Waals surface area contributed by atoms with Gasteiger partial charge in [-0.05, 0) is 32.8 Å². The molecule has 2 unspecified atom stereocenters. The molecule has 3 rings (SSSR count). The van der Waals surface area contributed by atoms with E-state index in [-0.39, 0.29) is 23.3 Å². The number of allylic oxidation sites excluding steroid dienone is 1. The van der Waals surface area contributed by atoms with Crippen molar-refractivity contribution in [2.45, 2.75) is 38.4 Å². The zero-order valence-electron chi connectivity index (χ0n) is 16.8. The Morgan fingerprint density at radius 3 is 2.45 bits per heavy atom. The van der Waals surface area contributed by atoms with E-state index < -0.39 is 31.4 Å². The van der Waals surface area contributed by atoms with E-state index in [0.717, 1.165) is 11.0 Å². The van der Waals surface area contributed by atoms with Crippen LogP contribution in [0.3, 0.4) is 0 Å². The van der Waals surface area contributed by atoms with Gasteiger partial charge in [0.2, 0.25) is 0 Å². The van der Waals surface area contributed by atoms with Crippen LogP contribution in [0.5, 0.6) is 0 Å². The third kappa shape index (κ3) is 5.16. The van der Waals surface area contributed by atoms with Gasteiger partial charge in [-0.2, -0.15) is 4.36 Å². The number of piperidine rings is 1. The summed E-state index contributed by atoms with van der Waals surface area (Å²) in [6, 6.07) is 1.81. The molecular weight excluding hydrogens is 416 g/mol. The minimum Gasteiger partial charge on any atom is -0.456 e. The summed E-state index contributed by atoms with van der Waals surface area (Å²) in [7, 11) is -6.02. The summed E-state index contributed by atoms with van der Waals surface area (Å²) in [6.45, 7) is 4.45. The average molecular weight is 443 g/mol. The lowest BCUT2D eigenvalue weighted by atomic mass is 10.1. The molecule has 2 aliphatic heterocycles. The molecule has 10 heteroatoms. The summed E-state index contributed by atoms with van der Waals surface area (Å²) < 4.78 is 45.3. The molecular formula is C19H26N2O6S2. The highest BCUT2D eigenvalue weighted by Crippen LogP contribution is 2.24. The molecule has 1 aromatic heterocycles. The van der Waals surface area contributed by atoms with E-state index in [4.69, 9.17) is 4.42 Å². The Bertz CT molecular complexity index is 1070. The maximum atomic E-state index is 13.0. The van der Waals surface area contributed by atoms with Gasteiger partial charge < -0.3 is 9.32 Å². The SMILES string of the molecule is Cc1cc(C)c(C(=O)N2CCC(S(C)(=O)=NC(=O)CC3C=CS(=O)(=O)C3)CC2)o1. The first-order chi connectivity index (χ1) is 13.5. The van der Waals surface area contributed by atoms with Gasteiger partial charge in [-0.15, -0.1) is 0 Å². The highest BCUT2D eigenvalue weighted by Gasteiger charge is 2.31. The Morgan fingerprint density at radius 2 is 1.93 bits per heavy atom. The summed E-state index contributed by atoms with van der Waals surface area (Å²) >= 11 is 0. The normalized spacial score (nSPS) is 23.7. The van der Waals surface area contributed by atoms with Gasteiger partial charge in [0.25, 0.3) is 11.8 Å². The van der Waals surface area contributed by atoms with Gasteiger partial charge in [0.15, 0.2) is 15.6 Å². The lowest BCUT2D eigenvalue weighted by Gasteiger charge is -2.32. The molecule has 160 valence electrons. The van der Waals surface area contributed by atoms with Gasteiger partial charge in [0.1, 0.15) is 5.76 Å². The number of amides is 2. The zero-order chi connectivity index (χ0) is 21.4. The summed E-state index contributed by atoms with van der Waals surface area (Å²) in [5.41, 5.74) is 0.789. The van der Waals surface area contributed by atoms with Crippen molar-refractivity contribution in [3.8, 4) is 0 Å². The molecule has 0 bridgehead atoms. The number of likely N-dealkylation sites (tertiary alicyclic amines) is 1. The Morgan fingerprint density at radius 1 is 1.28 bits per heavy atom. The molecule has 1 saturated heterocycles. The fourth-order valence-electron chi connectivity index (χ4n) is 3.80. The first-order valence-corrected chi connectivity index (χ1v) is 13.2. The van der Waals surface area contributed by atoms with Gasteiger partial charge >= 0.3 is 0 Å². The lowest BCUT2D eigenvalue weighted by Crippen LogP contribution is -2.42. The topological polar surface area (TPSA) is 114 Å². The Kier molecular flexibility index (Phi) is 6.05. The Balaban J connectivity index is 1.60. The van der Waals surface area contributed by atoms with Gasteiger partial charge in [0, 0.05) is 47.9 Å². The van der Waals surface area contributed by atoms with Gasteiger partial charge in [-0.3, -0.25) is 9.59 Å². The van der Waals surface area contributed by atoms with E-state index in [1.165, 1.54) is 12.3 Å². The van der Waals surface area contributed by atoms with Crippen LogP contribution in [0.2, 0.25) is 0 Å². The highest BCUT2D eigenvalue weighted by atomic mass is 32.2. The third-order valence-corrected chi connectivity index (χ3v) is 9.05. The van der Waals surface area contributed by atoms with E-state index >= 15 is 0 Å². The van der Waals surface area contributed by atoms with Crippen LogP contribution in [0.1, 0.15) is 41.1 Å². The number of nitrogens with zero attached hydrogens (tertiary/aromatic N) is 2. The number of hydrogen-bond acceptors (Lipinski definition) is 6. The summed E-state index contributed by atoms with van der Waals surface area (Å²) in [4.78, 5) is 26.5. The quantitative estimate of drug-likeness (QED) is 0.705. The largest absolute Gasteiger partial charge is 0.456 e. The number of carbonyl (C=O) groups is 2. The van der Waals surface area contributed by atoms with Crippen LogP contribution in [0.4, 0.5) is 0 Å². The molecule has 1 fully saturated rings. The second kappa shape index (κ2) is 8.06. The summed E-state index contributed by atoms with van der Waals surface area (Å²) in [5, 5.41) is 0.821. The fraction of sp³-hybridized carbons (Fsp3) is 0.579. The predicted molar refractivity (Wildman–Crippen MR) is 110 cm³/mol. The molecule has 0 radical (unpaired) electrons. The maximum absolute atomic E-state index is 13.0. The van der Waals surface area contributed by atoms with Crippen LogP contribution in [0, 0.1) is 19.8 Å². The van der Waals surface area contributed by atoms with Gasteiger partial charge in [-0.1, -0.05) is 6.08 Å². The third-order valence-electron chi connectivity index (χ3n) is 5.31. The molecule has 0 aromatic carbocycles. The zero-order valence-corrected chi connectivity index (χ0v) is 18.4. The molecule has 0 saturated carbocycles. The number of sulfone groups is 1. The van der Waals surface area contributed by atoms with Crippen LogP contribution >= 0.6 is 0 Å². The van der Waals surface area contributed by atoms with Gasteiger partial charge in [0.05, 0.1) is 15.5 Å². The lowest BCUT2D eigenvalue weighted by molar-refractivity contribution is -0.118. The monoisotopic (exact) mass is 442 g/mol. The molecule has 1 aromatic rings. The highest BCUT2D eigenvalue weighted by molar-refractivity contribution is 7.94. The van der Waals surface area contributed by atoms with Crippen molar-refractivity contribution in [1.82, 2.24) is 4.90 Å². The van der Waals surface area contributed by atoms with Crippen molar-refractivity contribution in [3.63, 3.8) is 0 Å². The van der Waals surface area contributed by atoms with Crippen LogP contribution in [-0.4, -0.2) is 59.7 Å². The number of rotatable bonds is 4. The van der Waals surface area contributed by atoms with Crippen molar-refractivity contribution < 1.29 is 26.6 Å². The molecule has 0 aliphatic carbocycles. The number of aryl methyl sites for hydroxylation is 2. The number of carbonyl (C=O) groups excluding carboxylic acids is 2. The maximum Gasteiger partial charge on any atom is 0.289 e. The van der Waals surface area contributed by atoms with E-state index in [9.17, 15) is 22.2 Å². The molecule has 2 aliphatic rings. The van der Waals surface area contributed by atoms with E-state index in [2.05, 4.69) is 4.36 Å². The van der Waals surface area contributed by atoms with Crippen molar-refractivity contribution >= 4 is 31.4 Å². The number of hydrogen-bond donors (Lipinski definition) is 0. The first-order valence-electron chi connectivity index (χ1n) is 9.48. The van der Waals surface area contributed by atoms with Crippen LogP contribution < -0.4 is 0 Å². The van der Waals surface area contributed by atoms with Crippen molar-refractivity contribution in [2.24, 2.45) is 10.3 Å². The first kappa shape index (κ1) is 21.8. The molecule has 8 nitrogen and oxygen atoms in total. The minimum atomic E-state index is -3.24. The van der Waals surface area contributed by atoms with Crippen molar-refractivity contribution in [2.75, 3.05) is 25.1 Å². The van der Waals surface area contributed by atoms with E-state index in [1.807, 2.05) is 13.0 Å². The molecule has 0 spiro atoms. The smallest absolute Gasteiger partial charge is 0.289 e. The van der Waals surface area contributed by atoms with Crippen molar-refractivity contribution in [1.29, 1.82) is 0 Å². The minimum absolute atomic E-state index is 0.0605. The molecule has 29 heavy (non-hydrogen) atoms. The van der Waals surface area contributed by atoms with Gasteiger partial charge in [-0.25, -0.2) is 12.6 Å². The van der Waals surface area contributed by atoms with Crippen molar-refractivity contribution in [3.05, 3.63) is 34.6 Å². The predicted octanol–water partition coefficient (Wildman–Crippen LogP) is 2.07. The van der Waals surface area contributed by atoms with Crippen LogP contribution in [-0.2, 0) is 24.4 Å². The van der Waals surface area contributed by atoms with E-state index in [0.29, 0.717) is 37.5 Å². The number of furan rings is 1. The molecule has 3 heterocycles. The summed E-state index contributed by atoms with van der Waals surface area (Å²) in [5.74, 6) is -0.225.